The predicted octanol–water partition coefficient (Wildman–Crippen LogP) is 0.944. The van der Waals surface area contributed by atoms with E-state index < -0.39 is 11.9 Å². The van der Waals surface area contributed by atoms with Gasteiger partial charge in [0.05, 0.1) is 12.6 Å². The smallest absolute Gasteiger partial charge is 0.243 e. The Bertz CT molecular complexity index is 398. The summed E-state index contributed by atoms with van der Waals surface area (Å²) in [7, 11) is 0. The van der Waals surface area contributed by atoms with Gasteiger partial charge in [-0.25, -0.2) is 4.39 Å². The van der Waals surface area contributed by atoms with Crippen molar-refractivity contribution < 1.29 is 13.9 Å². The first-order valence-electron chi connectivity index (χ1n) is 5.30. The van der Waals surface area contributed by atoms with Crippen molar-refractivity contribution in [1.82, 2.24) is 0 Å². The van der Waals surface area contributed by atoms with E-state index in [1.165, 1.54) is 12.1 Å². The molecule has 0 radical (unpaired) electrons. The number of carbonyl (C=O) groups is 1. The number of nitrogens with two attached hydrogens (primary N) is 2. The van der Waals surface area contributed by atoms with E-state index in [4.69, 9.17) is 16.2 Å². The molecule has 5 heteroatoms. The molecule has 0 saturated carbocycles. The number of aryl methyl sites for hydroxylation is 2. The van der Waals surface area contributed by atoms with Crippen molar-refractivity contribution in [3.63, 3.8) is 0 Å². The highest BCUT2D eigenvalue weighted by Gasteiger charge is 2.13. The molecular formula is C12H17FN2O2. The number of hydrogen-bond acceptors (Lipinski definition) is 3. The Morgan fingerprint density at radius 1 is 1.41 bits per heavy atom. The maximum Gasteiger partial charge on any atom is 0.243 e. The summed E-state index contributed by atoms with van der Waals surface area (Å²) in [6, 6.07) is 2.46. The minimum atomic E-state index is -0.537. The van der Waals surface area contributed by atoms with Crippen molar-refractivity contribution in [3.8, 4) is 0 Å². The van der Waals surface area contributed by atoms with E-state index in [1.807, 2.05) is 0 Å². The van der Waals surface area contributed by atoms with Gasteiger partial charge in [0, 0.05) is 0 Å². The van der Waals surface area contributed by atoms with Crippen LogP contribution < -0.4 is 11.5 Å². The van der Waals surface area contributed by atoms with Crippen molar-refractivity contribution >= 4 is 5.91 Å². The predicted molar refractivity (Wildman–Crippen MR) is 62.8 cm³/mol. The average Bonchev–Trinajstić information content (AvgIpc) is 2.14. The van der Waals surface area contributed by atoms with E-state index in [2.05, 4.69) is 0 Å². The average molecular weight is 240 g/mol. The summed E-state index contributed by atoms with van der Waals surface area (Å²) in [4.78, 5) is 10.5. The van der Waals surface area contributed by atoms with Gasteiger partial charge in [0.25, 0.3) is 0 Å². The number of carbonyl (C=O) groups excluding carboxylic acids is 1. The summed E-state index contributed by atoms with van der Waals surface area (Å²) in [6.07, 6.45) is 0. The van der Waals surface area contributed by atoms with E-state index in [0.717, 1.165) is 16.7 Å². The minimum absolute atomic E-state index is 0.160. The minimum Gasteiger partial charge on any atom is -0.370 e. The van der Waals surface area contributed by atoms with Crippen molar-refractivity contribution in [2.45, 2.75) is 19.9 Å². The van der Waals surface area contributed by atoms with Crippen LogP contribution in [0.15, 0.2) is 12.1 Å². The van der Waals surface area contributed by atoms with E-state index in [0.29, 0.717) is 0 Å². The third kappa shape index (κ3) is 3.80. The van der Waals surface area contributed by atoms with Crippen molar-refractivity contribution in [2.75, 3.05) is 13.2 Å². The molecule has 1 atom stereocenters. The lowest BCUT2D eigenvalue weighted by atomic mass is 9.97. The van der Waals surface area contributed by atoms with Gasteiger partial charge in [0.1, 0.15) is 12.4 Å². The van der Waals surface area contributed by atoms with Crippen LogP contribution >= 0.6 is 0 Å². The molecule has 0 spiro atoms. The second-order valence-electron chi connectivity index (χ2n) is 4.04. The lowest BCUT2D eigenvalue weighted by Crippen LogP contribution is -2.24. The van der Waals surface area contributed by atoms with Crippen LogP contribution in [0.2, 0.25) is 0 Å². The summed E-state index contributed by atoms with van der Waals surface area (Å²) < 4.78 is 18.2. The maximum absolute atomic E-state index is 13.1. The molecule has 4 nitrogen and oxygen atoms in total. The molecule has 0 bridgehead atoms. The van der Waals surface area contributed by atoms with Gasteiger partial charge in [-0.2, -0.15) is 0 Å². The first-order chi connectivity index (χ1) is 7.91. The van der Waals surface area contributed by atoms with E-state index in [1.54, 1.807) is 13.8 Å². The molecule has 1 amide bonds. The van der Waals surface area contributed by atoms with Crippen LogP contribution in [0.25, 0.3) is 0 Å². The van der Waals surface area contributed by atoms with Crippen LogP contribution in [0.1, 0.15) is 22.7 Å². The number of halogens is 1. The monoisotopic (exact) mass is 240 g/mol. The van der Waals surface area contributed by atoms with Gasteiger partial charge >= 0.3 is 0 Å². The number of ether oxygens (including phenoxy) is 1. The Balaban J connectivity index is 2.75. The Hall–Kier alpha value is -1.46. The molecule has 17 heavy (non-hydrogen) atoms. The molecule has 1 rings (SSSR count). The first kappa shape index (κ1) is 13.6. The van der Waals surface area contributed by atoms with Crippen LogP contribution in [0.5, 0.6) is 0 Å². The Morgan fingerprint density at radius 2 is 1.94 bits per heavy atom. The van der Waals surface area contributed by atoms with Gasteiger partial charge in [0.2, 0.25) is 5.91 Å². The molecule has 0 heterocycles. The number of hydrogen-bond donors (Lipinski definition) is 2. The summed E-state index contributed by atoms with van der Waals surface area (Å²) in [5.74, 6) is -0.821. The van der Waals surface area contributed by atoms with Crippen LogP contribution in [0.3, 0.4) is 0 Å². The molecule has 1 aromatic carbocycles. The number of primary amides is 1. The van der Waals surface area contributed by atoms with Crippen LogP contribution in [-0.2, 0) is 9.53 Å². The van der Waals surface area contributed by atoms with Gasteiger partial charge in [-0.1, -0.05) is 0 Å². The Morgan fingerprint density at radius 3 is 2.41 bits per heavy atom. The molecule has 94 valence electrons. The van der Waals surface area contributed by atoms with Gasteiger partial charge in [0.15, 0.2) is 0 Å². The summed E-state index contributed by atoms with van der Waals surface area (Å²) in [5, 5.41) is 0. The lowest BCUT2D eigenvalue weighted by Gasteiger charge is -2.17. The number of rotatable bonds is 5. The largest absolute Gasteiger partial charge is 0.370 e. The third-order valence-corrected chi connectivity index (χ3v) is 2.47. The lowest BCUT2D eigenvalue weighted by molar-refractivity contribution is -0.122. The summed E-state index contributed by atoms with van der Waals surface area (Å²) >= 11 is 0. The fourth-order valence-corrected chi connectivity index (χ4v) is 1.88. The molecule has 0 aromatic heterocycles. The van der Waals surface area contributed by atoms with Crippen LogP contribution in [0.4, 0.5) is 4.39 Å². The quantitative estimate of drug-likeness (QED) is 0.804. The molecule has 4 N–H and O–H groups in total. The topological polar surface area (TPSA) is 78.3 Å². The standard InChI is InChI=1S/C12H17FN2O2/c1-7-3-9(13)4-8(2)12(7)10(14)5-17-6-11(15)16/h3-4,10H,5-6,14H2,1-2H3,(H2,15,16). The molecule has 1 unspecified atom stereocenters. The third-order valence-electron chi connectivity index (χ3n) is 2.47. The molecule has 1 aromatic rings. The second kappa shape index (κ2) is 5.75. The van der Waals surface area contributed by atoms with E-state index in [9.17, 15) is 9.18 Å². The van der Waals surface area contributed by atoms with Crippen LogP contribution in [0, 0.1) is 19.7 Å². The van der Waals surface area contributed by atoms with Gasteiger partial charge < -0.3 is 16.2 Å². The maximum atomic E-state index is 13.1. The fraction of sp³-hybridized carbons (Fsp3) is 0.417. The Labute approximate surface area is 99.7 Å². The zero-order valence-corrected chi connectivity index (χ0v) is 10.00. The molecule has 0 aliphatic rings. The summed E-state index contributed by atoms with van der Waals surface area (Å²) in [5.41, 5.74) is 13.3. The second-order valence-corrected chi connectivity index (χ2v) is 4.04. The highest BCUT2D eigenvalue weighted by molar-refractivity contribution is 5.74. The molecule has 0 aliphatic carbocycles. The fourth-order valence-electron chi connectivity index (χ4n) is 1.88. The molecular weight excluding hydrogens is 223 g/mol. The van der Waals surface area contributed by atoms with Crippen LogP contribution in [-0.4, -0.2) is 19.1 Å². The normalized spacial score (nSPS) is 12.5. The molecule has 0 aliphatic heterocycles. The SMILES string of the molecule is Cc1cc(F)cc(C)c1C(N)COCC(N)=O. The van der Waals surface area contributed by atoms with Crippen molar-refractivity contribution in [3.05, 3.63) is 34.6 Å². The molecule has 0 fully saturated rings. The zero-order valence-electron chi connectivity index (χ0n) is 10.00. The highest BCUT2D eigenvalue weighted by atomic mass is 19.1. The highest BCUT2D eigenvalue weighted by Crippen LogP contribution is 2.21. The molecule has 0 saturated heterocycles. The summed E-state index contributed by atoms with van der Waals surface area (Å²) in [6.45, 7) is 3.60. The Kier molecular flexibility index (Phi) is 4.60. The zero-order chi connectivity index (χ0) is 13.0. The van der Waals surface area contributed by atoms with Gasteiger partial charge in [-0.05, 0) is 42.7 Å². The van der Waals surface area contributed by atoms with E-state index in [-0.39, 0.29) is 19.0 Å². The van der Waals surface area contributed by atoms with Gasteiger partial charge in [-0.15, -0.1) is 0 Å². The number of benzene rings is 1. The van der Waals surface area contributed by atoms with E-state index >= 15 is 0 Å². The van der Waals surface area contributed by atoms with Crippen molar-refractivity contribution in [2.24, 2.45) is 11.5 Å². The van der Waals surface area contributed by atoms with Gasteiger partial charge in [-0.3, -0.25) is 4.79 Å². The number of amides is 1. The first-order valence-corrected chi connectivity index (χ1v) is 5.30. The van der Waals surface area contributed by atoms with Crippen molar-refractivity contribution in [1.29, 1.82) is 0 Å².